The van der Waals surface area contributed by atoms with E-state index >= 15 is 0 Å². The van der Waals surface area contributed by atoms with E-state index in [9.17, 15) is 4.79 Å². The molecule has 118 valence electrons. The van der Waals surface area contributed by atoms with Gasteiger partial charge >= 0.3 is 0 Å². The second-order valence-electron chi connectivity index (χ2n) is 6.56. The summed E-state index contributed by atoms with van der Waals surface area (Å²) in [5.41, 5.74) is 3.88. The molecule has 1 heterocycles. The van der Waals surface area contributed by atoms with Crippen LogP contribution in [0.1, 0.15) is 35.6 Å². The average molecular weight is 307 g/mol. The van der Waals surface area contributed by atoms with Gasteiger partial charge in [0.15, 0.2) is 0 Å². The summed E-state index contributed by atoms with van der Waals surface area (Å²) in [6.07, 6.45) is 0.894. The number of amides is 1. The van der Waals surface area contributed by atoms with Crippen molar-refractivity contribution in [1.82, 2.24) is 4.90 Å². The summed E-state index contributed by atoms with van der Waals surface area (Å²) >= 11 is 0. The highest BCUT2D eigenvalue weighted by atomic mass is 16.5. The van der Waals surface area contributed by atoms with E-state index in [2.05, 4.69) is 43.3 Å². The number of methoxy groups -OCH3 is 1. The van der Waals surface area contributed by atoms with Crippen molar-refractivity contribution in [3.05, 3.63) is 65.2 Å². The van der Waals surface area contributed by atoms with E-state index in [0.29, 0.717) is 11.8 Å². The van der Waals surface area contributed by atoms with E-state index in [1.807, 2.05) is 17.0 Å². The molecule has 0 aromatic heterocycles. The summed E-state index contributed by atoms with van der Waals surface area (Å²) in [7, 11) is 1.67. The van der Waals surface area contributed by atoms with Crippen LogP contribution in [0, 0.1) is 5.92 Å². The normalized spacial score (nSPS) is 23.6. The first-order valence-electron chi connectivity index (χ1n) is 8.21. The first kappa shape index (κ1) is 14.3. The molecular weight excluding hydrogens is 286 g/mol. The maximum absolute atomic E-state index is 12.9. The zero-order chi connectivity index (χ0) is 16.0. The fourth-order valence-corrected chi connectivity index (χ4v) is 4.09. The van der Waals surface area contributed by atoms with Gasteiger partial charge in [-0.1, -0.05) is 36.4 Å². The zero-order valence-electron chi connectivity index (χ0n) is 13.5. The maximum atomic E-state index is 12.9. The molecule has 3 heteroatoms. The molecule has 3 nitrogen and oxygen atoms in total. The molecule has 1 aliphatic heterocycles. The van der Waals surface area contributed by atoms with Gasteiger partial charge in [-0.3, -0.25) is 4.79 Å². The van der Waals surface area contributed by atoms with Crippen molar-refractivity contribution in [2.45, 2.75) is 25.3 Å². The number of ether oxygens (including phenoxy) is 1. The van der Waals surface area contributed by atoms with Crippen molar-refractivity contribution in [2.75, 3.05) is 13.7 Å². The molecule has 1 aliphatic carbocycles. The first-order chi connectivity index (χ1) is 11.2. The topological polar surface area (TPSA) is 29.5 Å². The molecule has 0 unspecified atom stereocenters. The molecule has 0 saturated carbocycles. The number of fused-ring (bicyclic) bond motifs is 3. The molecule has 0 N–H and O–H groups in total. The lowest BCUT2D eigenvalue weighted by Crippen LogP contribution is -2.30. The number of hydrogen-bond acceptors (Lipinski definition) is 2. The van der Waals surface area contributed by atoms with Crippen molar-refractivity contribution >= 4 is 5.91 Å². The van der Waals surface area contributed by atoms with Gasteiger partial charge in [-0.2, -0.15) is 0 Å². The quantitative estimate of drug-likeness (QED) is 0.868. The average Bonchev–Trinajstić information content (AvgIpc) is 3.11. The maximum Gasteiger partial charge on any atom is 0.227 e. The summed E-state index contributed by atoms with van der Waals surface area (Å²) in [5, 5.41) is 0. The summed E-state index contributed by atoms with van der Waals surface area (Å²) in [5.74, 6) is 1.64. The van der Waals surface area contributed by atoms with Crippen LogP contribution in [0.2, 0.25) is 0 Å². The molecule has 2 aliphatic rings. The lowest BCUT2D eigenvalue weighted by molar-refractivity contribution is -0.132. The fraction of sp³-hybridized carbons (Fsp3) is 0.350. The number of nitrogens with zero attached hydrogens (tertiary/aromatic N) is 1. The van der Waals surface area contributed by atoms with Gasteiger partial charge in [-0.25, -0.2) is 0 Å². The van der Waals surface area contributed by atoms with Crippen molar-refractivity contribution in [3.63, 3.8) is 0 Å². The van der Waals surface area contributed by atoms with Crippen LogP contribution in [0.3, 0.4) is 0 Å². The van der Waals surface area contributed by atoms with Crippen LogP contribution in [0.15, 0.2) is 48.5 Å². The zero-order valence-corrected chi connectivity index (χ0v) is 13.5. The van der Waals surface area contributed by atoms with Crippen molar-refractivity contribution in [3.8, 4) is 5.75 Å². The molecule has 1 saturated heterocycles. The largest absolute Gasteiger partial charge is 0.497 e. The minimum absolute atomic E-state index is 0.103. The first-order valence-corrected chi connectivity index (χ1v) is 8.21. The van der Waals surface area contributed by atoms with E-state index < -0.39 is 0 Å². The minimum atomic E-state index is 0.103. The molecule has 0 spiro atoms. The number of carbonyl (C=O) groups excluding carboxylic acids is 1. The Morgan fingerprint density at radius 1 is 1.09 bits per heavy atom. The van der Waals surface area contributed by atoms with E-state index in [0.717, 1.165) is 24.3 Å². The van der Waals surface area contributed by atoms with Crippen LogP contribution in [0.25, 0.3) is 0 Å². The Morgan fingerprint density at radius 3 is 2.57 bits per heavy atom. The Morgan fingerprint density at radius 2 is 1.83 bits per heavy atom. The van der Waals surface area contributed by atoms with Crippen molar-refractivity contribution in [1.29, 1.82) is 0 Å². The second-order valence-corrected chi connectivity index (χ2v) is 6.56. The van der Waals surface area contributed by atoms with Gasteiger partial charge in [0.1, 0.15) is 5.75 Å². The van der Waals surface area contributed by atoms with Crippen LogP contribution < -0.4 is 4.74 Å². The summed E-state index contributed by atoms with van der Waals surface area (Å²) in [6, 6.07) is 16.6. The number of hydrogen-bond donors (Lipinski definition) is 0. The Labute approximate surface area is 136 Å². The number of carbonyl (C=O) groups is 1. The Kier molecular flexibility index (Phi) is 3.37. The third-order valence-electron chi connectivity index (χ3n) is 5.44. The van der Waals surface area contributed by atoms with E-state index in [1.165, 1.54) is 11.1 Å². The standard InChI is InChI=1S/C20H21NO2/c1-13(14-7-9-16(23-2)10-8-14)21-12-19-17-6-4-3-5-15(17)11-18(19)20(21)22/h3-10,13,18-19H,11-12H2,1-2H3/t13-,18+,19-/m0/s1. The third-order valence-corrected chi connectivity index (χ3v) is 5.44. The molecular formula is C20H21NO2. The number of rotatable bonds is 3. The number of benzene rings is 2. The predicted molar refractivity (Wildman–Crippen MR) is 89.5 cm³/mol. The van der Waals surface area contributed by atoms with Crippen molar-refractivity contribution in [2.24, 2.45) is 5.92 Å². The van der Waals surface area contributed by atoms with Crippen LogP contribution in [-0.4, -0.2) is 24.5 Å². The highest BCUT2D eigenvalue weighted by molar-refractivity contribution is 5.84. The van der Waals surface area contributed by atoms with E-state index in [1.54, 1.807) is 7.11 Å². The van der Waals surface area contributed by atoms with E-state index in [4.69, 9.17) is 4.74 Å². The molecule has 0 bridgehead atoms. The highest BCUT2D eigenvalue weighted by Gasteiger charge is 2.47. The van der Waals surface area contributed by atoms with Crippen LogP contribution in [0.4, 0.5) is 0 Å². The van der Waals surface area contributed by atoms with Crippen molar-refractivity contribution < 1.29 is 9.53 Å². The molecule has 2 aromatic rings. The molecule has 1 amide bonds. The van der Waals surface area contributed by atoms with Crippen LogP contribution in [-0.2, 0) is 11.2 Å². The molecule has 3 atom stereocenters. The van der Waals surface area contributed by atoms with Gasteiger partial charge in [-0.15, -0.1) is 0 Å². The summed E-state index contributed by atoms with van der Waals surface area (Å²) in [4.78, 5) is 14.9. The van der Waals surface area contributed by atoms with E-state index in [-0.39, 0.29) is 12.0 Å². The fourth-order valence-electron chi connectivity index (χ4n) is 4.09. The monoisotopic (exact) mass is 307 g/mol. The molecule has 4 rings (SSSR count). The number of likely N-dealkylation sites (tertiary alicyclic amines) is 1. The SMILES string of the molecule is COc1ccc([C@H](C)N2C[C@H]3c4ccccc4C[C@H]3C2=O)cc1. The van der Waals surface area contributed by atoms with Gasteiger partial charge < -0.3 is 9.64 Å². The van der Waals surface area contributed by atoms with Crippen LogP contribution in [0.5, 0.6) is 5.75 Å². The van der Waals surface area contributed by atoms with Gasteiger partial charge in [0.25, 0.3) is 0 Å². The van der Waals surface area contributed by atoms with Crippen LogP contribution >= 0.6 is 0 Å². The molecule has 2 aromatic carbocycles. The minimum Gasteiger partial charge on any atom is -0.497 e. The summed E-state index contributed by atoms with van der Waals surface area (Å²) < 4.78 is 5.21. The molecule has 1 fully saturated rings. The molecule has 23 heavy (non-hydrogen) atoms. The van der Waals surface area contributed by atoms with Gasteiger partial charge in [-0.05, 0) is 42.2 Å². The van der Waals surface area contributed by atoms with Gasteiger partial charge in [0, 0.05) is 12.5 Å². The Hall–Kier alpha value is -2.29. The summed E-state index contributed by atoms with van der Waals surface area (Å²) in [6.45, 7) is 2.94. The Balaban J connectivity index is 1.58. The molecule has 0 radical (unpaired) electrons. The smallest absolute Gasteiger partial charge is 0.227 e. The van der Waals surface area contributed by atoms with Gasteiger partial charge in [0.05, 0.1) is 19.1 Å². The third kappa shape index (κ3) is 2.23. The lowest BCUT2D eigenvalue weighted by Gasteiger charge is -2.26. The Bertz CT molecular complexity index is 738. The highest BCUT2D eigenvalue weighted by Crippen LogP contribution is 2.45. The lowest BCUT2D eigenvalue weighted by atomic mass is 9.96. The predicted octanol–water partition coefficient (Wildman–Crippen LogP) is 3.55. The second kappa shape index (κ2) is 5.41. The van der Waals surface area contributed by atoms with Gasteiger partial charge in [0.2, 0.25) is 5.91 Å².